The lowest BCUT2D eigenvalue weighted by atomic mass is 10.1. The summed E-state index contributed by atoms with van der Waals surface area (Å²) in [7, 11) is -1.40. The first-order valence-electron chi connectivity index (χ1n) is 9.46. The molecule has 1 atom stereocenters. The number of rotatable bonds is 4. The van der Waals surface area contributed by atoms with Crippen molar-refractivity contribution in [2.45, 2.75) is 19.5 Å². The fraction of sp³-hybridized carbons (Fsp3) is 0.400. The quantitative estimate of drug-likeness (QED) is 0.631. The van der Waals surface area contributed by atoms with Crippen LogP contribution in [-0.2, 0) is 23.6 Å². The lowest BCUT2D eigenvalue weighted by molar-refractivity contribution is 0.123. The summed E-state index contributed by atoms with van der Waals surface area (Å²) >= 11 is 1.62. The largest absolute Gasteiger partial charge is 0.317 e. The summed E-state index contributed by atoms with van der Waals surface area (Å²) < 4.78 is 27.7. The molecule has 0 spiro atoms. The van der Waals surface area contributed by atoms with Gasteiger partial charge in [0.25, 0.3) is 5.56 Å². The summed E-state index contributed by atoms with van der Waals surface area (Å²) in [5.74, 6) is 0. The number of hydrogen-bond acceptors (Lipinski definition) is 6. The van der Waals surface area contributed by atoms with Gasteiger partial charge < -0.3 is 4.57 Å². The van der Waals surface area contributed by atoms with Crippen LogP contribution in [0.2, 0.25) is 0 Å². The van der Waals surface area contributed by atoms with Gasteiger partial charge in [0.05, 0.1) is 22.0 Å². The zero-order chi connectivity index (χ0) is 20.8. The predicted octanol–water partition coefficient (Wildman–Crippen LogP) is 2.13. The zero-order valence-corrected chi connectivity index (χ0v) is 18.3. The van der Waals surface area contributed by atoms with Crippen LogP contribution >= 0.6 is 11.3 Å². The summed E-state index contributed by atoms with van der Waals surface area (Å²) in [5, 5.41) is 0.707. The molecule has 1 unspecified atom stereocenters. The van der Waals surface area contributed by atoms with Crippen LogP contribution in [0.4, 0.5) is 0 Å². The molecule has 3 aromatic heterocycles. The highest BCUT2D eigenvalue weighted by atomic mass is 32.2. The Morgan fingerprint density at radius 1 is 1.28 bits per heavy atom. The van der Waals surface area contributed by atoms with Gasteiger partial charge in [-0.15, -0.1) is 11.3 Å². The number of nitrogens with zero attached hydrogens (tertiary/aromatic N) is 4. The molecule has 7 nitrogen and oxygen atoms in total. The van der Waals surface area contributed by atoms with Crippen molar-refractivity contribution < 1.29 is 8.42 Å². The van der Waals surface area contributed by atoms with Crippen LogP contribution < -0.4 is 5.56 Å². The fourth-order valence-electron chi connectivity index (χ4n) is 3.78. The summed E-state index contributed by atoms with van der Waals surface area (Å²) in [6.45, 7) is 4.40. The van der Waals surface area contributed by atoms with E-state index < -0.39 is 10.0 Å². The van der Waals surface area contributed by atoms with Gasteiger partial charge in [-0.3, -0.25) is 14.7 Å². The lowest BCUT2D eigenvalue weighted by Crippen LogP contribution is -2.52. The minimum absolute atomic E-state index is 0.0166. The van der Waals surface area contributed by atoms with E-state index in [1.54, 1.807) is 29.1 Å². The maximum atomic E-state index is 12.7. The summed E-state index contributed by atoms with van der Waals surface area (Å²) in [4.78, 5) is 20.5. The maximum absolute atomic E-state index is 12.7. The number of aromatic nitrogens is 2. The molecule has 0 aromatic carbocycles. The molecule has 0 N–H and O–H groups in total. The molecule has 3 aromatic rings. The third-order valence-corrected chi connectivity index (χ3v) is 7.82. The molecule has 0 bridgehead atoms. The van der Waals surface area contributed by atoms with E-state index in [2.05, 4.69) is 9.88 Å². The van der Waals surface area contributed by atoms with Crippen LogP contribution in [0, 0.1) is 0 Å². The second kappa shape index (κ2) is 7.64. The molecule has 1 saturated heterocycles. The number of hydrogen-bond donors (Lipinski definition) is 0. The van der Waals surface area contributed by atoms with Gasteiger partial charge in [0.2, 0.25) is 10.0 Å². The molecule has 0 aliphatic carbocycles. The Labute approximate surface area is 174 Å². The number of pyridine rings is 2. The molecular formula is C20H24N4O3S2. The molecule has 1 aliphatic heterocycles. The molecule has 1 aliphatic rings. The Bertz CT molecular complexity index is 1200. The smallest absolute Gasteiger partial charge is 0.259 e. The molecule has 0 radical (unpaired) electrons. The number of sulfonamides is 1. The Hall–Kier alpha value is -2.07. The van der Waals surface area contributed by atoms with E-state index in [-0.39, 0.29) is 11.6 Å². The summed E-state index contributed by atoms with van der Waals surface area (Å²) in [6, 6.07) is 7.86. The van der Waals surface area contributed by atoms with Crippen molar-refractivity contribution in [2.75, 3.05) is 25.9 Å². The van der Waals surface area contributed by atoms with Gasteiger partial charge in [-0.1, -0.05) is 6.07 Å². The fourth-order valence-corrected chi connectivity index (χ4v) is 5.88. The Morgan fingerprint density at radius 2 is 2.07 bits per heavy atom. The maximum Gasteiger partial charge on any atom is 0.259 e. The second-order valence-corrected chi connectivity index (χ2v) is 10.7. The lowest BCUT2D eigenvalue weighted by Gasteiger charge is -2.38. The van der Waals surface area contributed by atoms with E-state index in [1.807, 2.05) is 37.4 Å². The number of aryl methyl sites for hydroxylation is 1. The molecule has 1 fully saturated rings. The van der Waals surface area contributed by atoms with E-state index in [1.165, 1.54) is 10.6 Å². The third-order valence-electron chi connectivity index (χ3n) is 5.40. The van der Waals surface area contributed by atoms with E-state index in [4.69, 9.17) is 0 Å². The van der Waals surface area contributed by atoms with E-state index >= 15 is 0 Å². The molecular weight excluding hydrogens is 408 g/mol. The van der Waals surface area contributed by atoms with Gasteiger partial charge in [0, 0.05) is 62.1 Å². The Balaban J connectivity index is 1.66. The van der Waals surface area contributed by atoms with Gasteiger partial charge in [-0.25, -0.2) is 8.42 Å². The first kappa shape index (κ1) is 20.2. The SMILES string of the molecule is CC1CN(S(C)(=O)=O)CCN1Cc1cc2c(=O)n(C)cc(-c3ccccn3)c2s1. The van der Waals surface area contributed by atoms with Crippen LogP contribution in [-0.4, -0.2) is 59.1 Å². The van der Waals surface area contributed by atoms with E-state index in [0.717, 1.165) is 20.8 Å². The van der Waals surface area contributed by atoms with Crippen molar-refractivity contribution in [3.05, 3.63) is 51.9 Å². The summed E-state index contributed by atoms with van der Waals surface area (Å²) in [5.41, 5.74) is 1.78. The zero-order valence-electron chi connectivity index (χ0n) is 16.7. The molecule has 154 valence electrons. The Kier molecular flexibility index (Phi) is 5.32. The van der Waals surface area contributed by atoms with Crippen LogP contribution in [0.1, 0.15) is 11.8 Å². The normalized spacial score (nSPS) is 19.1. The first-order chi connectivity index (χ1) is 13.7. The minimum atomic E-state index is -3.16. The van der Waals surface area contributed by atoms with Crippen LogP contribution in [0.3, 0.4) is 0 Å². The highest BCUT2D eigenvalue weighted by molar-refractivity contribution is 7.88. The minimum Gasteiger partial charge on any atom is -0.317 e. The van der Waals surface area contributed by atoms with E-state index in [0.29, 0.717) is 31.6 Å². The van der Waals surface area contributed by atoms with Crippen LogP contribution in [0.25, 0.3) is 21.3 Å². The molecule has 4 rings (SSSR count). The topological polar surface area (TPSA) is 75.5 Å². The van der Waals surface area contributed by atoms with Crippen molar-refractivity contribution in [3.63, 3.8) is 0 Å². The van der Waals surface area contributed by atoms with Crippen molar-refractivity contribution in [3.8, 4) is 11.3 Å². The number of fused-ring (bicyclic) bond motifs is 1. The second-order valence-electron chi connectivity index (χ2n) is 7.57. The molecule has 9 heteroatoms. The van der Waals surface area contributed by atoms with Crippen molar-refractivity contribution in [2.24, 2.45) is 7.05 Å². The van der Waals surface area contributed by atoms with Gasteiger partial charge >= 0.3 is 0 Å². The standard InChI is InChI=1S/C20H24N4O3S2/c1-14-11-24(29(3,26)27)9-8-23(14)12-15-10-16-19(28-15)17(13-22(2)20(16)25)18-6-4-5-7-21-18/h4-7,10,13-14H,8-9,11-12H2,1-3H3. The van der Waals surface area contributed by atoms with Gasteiger partial charge in [-0.05, 0) is 25.1 Å². The van der Waals surface area contributed by atoms with Crippen molar-refractivity contribution >= 4 is 31.4 Å². The van der Waals surface area contributed by atoms with Gasteiger partial charge in [0.15, 0.2) is 0 Å². The third kappa shape index (κ3) is 4.00. The molecule has 0 amide bonds. The number of piperazine rings is 1. The monoisotopic (exact) mass is 432 g/mol. The average molecular weight is 433 g/mol. The number of thiophene rings is 1. The van der Waals surface area contributed by atoms with Crippen LogP contribution in [0.5, 0.6) is 0 Å². The molecule has 0 saturated carbocycles. The van der Waals surface area contributed by atoms with Gasteiger partial charge in [-0.2, -0.15) is 4.31 Å². The highest BCUT2D eigenvalue weighted by Crippen LogP contribution is 2.33. The van der Waals surface area contributed by atoms with Crippen molar-refractivity contribution in [1.29, 1.82) is 0 Å². The molecule has 29 heavy (non-hydrogen) atoms. The van der Waals surface area contributed by atoms with Crippen LogP contribution in [0.15, 0.2) is 41.5 Å². The Morgan fingerprint density at radius 3 is 2.72 bits per heavy atom. The first-order valence-corrected chi connectivity index (χ1v) is 12.1. The molecule has 4 heterocycles. The highest BCUT2D eigenvalue weighted by Gasteiger charge is 2.29. The van der Waals surface area contributed by atoms with Crippen molar-refractivity contribution in [1.82, 2.24) is 18.8 Å². The van der Waals surface area contributed by atoms with Gasteiger partial charge in [0.1, 0.15) is 0 Å². The average Bonchev–Trinajstić information content (AvgIpc) is 3.10. The summed E-state index contributed by atoms with van der Waals surface area (Å²) in [6.07, 6.45) is 4.86. The van der Waals surface area contributed by atoms with E-state index in [9.17, 15) is 13.2 Å². The predicted molar refractivity (Wildman–Crippen MR) is 117 cm³/mol.